The molecule has 1 aliphatic rings. The molecule has 0 N–H and O–H groups in total. The summed E-state index contributed by atoms with van der Waals surface area (Å²) in [5.41, 5.74) is 4.37. The predicted molar refractivity (Wildman–Crippen MR) is 196 cm³/mol. The first kappa shape index (κ1) is 42.2. The molecule has 0 radical (unpaired) electrons. The Kier molecular flexibility index (Phi) is 10.5. The van der Waals surface area contributed by atoms with Gasteiger partial charge in [-0.1, -0.05) is 103 Å². The fourth-order valence-electron chi connectivity index (χ4n) is 6.61. The highest BCUT2D eigenvalue weighted by Crippen LogP contribution is 2.55. The van der Waals surface area contributed by atoms with E-state index in [0.29, 0.717) is 23.0 Å². The van der Waals surface area contributed by atoms with Gasteiger partial charge in [-0.2, -0.15) is 47.9 Å². The number of rotatable bonds is 9. The van der Waals surface area contributed by atoms with Gasteiger partial charge < -0.3 is 9.08 Å². The Balaban J connectivity index is 1.77. The van der Waals surface area contributed by atoms with Gasteiger partial charge in [0, 0.05) is 28.4 Å². The highest BCUT2D eigenvalue weighted by molar-refractivity contribution is 7.88. The molecule has 0 saturated carbocycles. The van der Waals surface area contributed by atoms with Crippen molar-refractivity contribution in [1.82, 2.24) is 0 Å². The van der Waals surface area contributed by atoms with E-state index in [1.807, 2.05) is 75.4 Å². The van der Waals surface area contributed by atoms with Crippen molar-refractivity contribution >= 4 is 38.8 Å². The van der Waals surface area contributed by atoms with E-state index in [2.05, 4.69) is 31.9 Å². The Bertz CT molecular complexity index is 2200. The maximum absolute atomic E-state index is 14.8. The molecule has 0 unspecified atom stereocenters. The topological polar surface area (TPSA) is 46.6 Å². The van der Waals surface area contributed by atoms with E-state index in [9.17, 15) is 47.9 Å². The van der Waals surface area contributed by atoms with Crippen LogP contribution in [-0.2, 0) is 26.4 Å². The van der Waals surface area contributed by atoms with Crippen molar-refractivity contribution in [2.75, 3.05) is 4.90 Å². The number of alkyl halides is 9. The van der Waals surface area contributed by atoms with Crippen LogP contribution in [-0.4, -0.2) is 31.7 Å². The zero-order valence-electron chi connectivity index (χ0n) is 30.9. The van der Waals surface area contributed by atoms with Crippen molar-refractivity contribution in [3.63, 3.8) is 0 Å². The summed E-state index contributed by atoms with van der Waals surface area (Å²) in [5.74, 6) is -16.1. The first-order chi connectivity index (χ1) is 24.9. The summed E-state index contributed by atoms with van der Waals surface area (Å²) in [6, 6.07) is 23.1. The average Bonchev–Trinajstić information content (AvgIpc) is 3.06. The van der Waals surface area contributed by atoms with Gasteiger partial charge >= 0.3 is 33.4 Å². The van der Waals surface area contributed by atoms with Gasteiger partial charge in [0.15, 0.2) is 0 Å². The number of benzene rings is 4. The molecule has 4 aromatic rings. The maximum Gasteiger partial charge on any atom is 0.460 e. The summed E-state index contributed by atoms with van der Waals surface area (Å²) >= 11 is 6.37. The lowest BCUT2D eigenvalue weighted by molar-refractivity contribution is -0.382. The number of hydrogen-bond donors (Lipinski definition) is 0. The fourth-order valence-corrected chi connectivity index (χ4v) is 7.73. The molecule has 298 valence electrons. The highest BCUT2D eigenvalue weighted by Gasteiger charge is 2.86. The van der Waals surface area contributed by atoms with E-state index in [1.54, 1.807) is 17.0 Å². The smallest absolute Gasteiger partial charge is 0.378 e. The van der Waals surface area contributed by atoms with Crippen LogP contribution in [0.2, 0.25) is 5.02 Å². The van der Waals surface area contributed by atoms with Gasteiger partial charge in [-0.15, -0.1) is 0 Å². The molecule has 0 saturated heterocycles. The van der Waals surface area contributed by atoms with Gasteiger partial charge in [-0.25, -0.2) is 0 Å². The van der Waals surface area contributed by atoms with Crippen LogP contribution in [0.15, 0.2) is 84.9 Å². The normalized spacial score (nSPS) is 16.4. The highest BCUT2D eigenvalue weighted by atomic mass is 35.5. The molecule has 4 aromatic carbocycles. The van der Waals surface area contributed by atoms with Crippen molar-refractivity contribution in [1.29, 1.82) is 0 Å². The minimum Gasteiger partial charge on any atom is -0.378 e. The molecule has 1 aliphatic carbocycles. The number of anilines is 3. The number of halogens is 10. The molecule has 4 nitrogen and oxygen atoms in total. The van der Waals surface area contributed by atoms with E-state index in [4.69, 9.17) is 11.6 Å². The van der Waals surface area contributed by atoms with Gasteiger partial charge in [0.2, 0.25) is 0 Å². The molecule has 5 rings (SSSR count). The minimum atomic E-state index is -7.48. The first-order valence-corrected chi connectivity index (χ1v) is 18.8. The van der Waals surface area contributed by atoms with Crippen LogP contribution in [0.1, 0.15) is 78.0 Å². The summed E-state index contributed by atoms with van der Waals surface area (Å²) in [6.07, 6.45) is -5.52. The summed E-state index contributed by atoms with van der Waals surface area (Å²) in [4.78, 5) is 1.61. The van der Waals surface area contributed by atoms with Crippen LogP contribution >= 0.6 is 11.6 Å². The standard InChI is InChI=1S/C40H39ClF9NO3S/c1-34(2,3)25-13-16-33(30(19-25)24-11-9-8-10-12-24)51(27-14-15-31-32(23-27)36(6,7)18-17-35(31,4)5)28-20-26(41)21-29(22-28)54-55(52,53)40(49,50)38(44,45)37(42,43)39(46,47)48/h8-16,19-23H,17-18H2,1-7H3. The lowest BCUT2D eigenvalue weighted by Gasteiger charge is -2.42. The Hall–Kier alpha value is -3.91. The Morgan fingerprint density at radius 3 is 1.82 bits per heavy atom. The number of hydrogen-bond acceptors (Lipinski definition) is 4. The van der Waals surface area contributed by atoms with Crippen LogP contribution in [0.4, 0.5) is 56.6 Å². The lowest BCUT2D eigenvalue weighted by Crippen LogP contribution is -2.63. The second-order valence-electron chi connectivity index (χ2n) is 16.0. The molecule has 15 heteroatoms. The molecule has 0 aromatic heterocycles. The molecule has 0 fully saturated rings. The van der Waals surface area contributed by atoms with Gasteiger partial charge in [0.1, 0.15) is 5.75 Å². The third-order valence-electron chi connectivity index (χ3n) is 10.0. The van der Waals surface area contributed by atoms with Crippen LogP contribution in [0.5, 0.6) is 5.75 Å². The van der Waals surface area contributed by atoms with Crippen LogP contribution < -0.4 is 9.08 Å². The molecule has 0 heterocycles. The van der Waals surface area contributed by atoms with Crippen LogP contribution in [0, 0.1) is 0 Å². The third-order valence-corrected chi connectivity index (χ3v) is 11.5. The molecule has 0 amide bonds. The second-order valence-corrected chi connectivity index (χ2v) is 18.1. The molecule has 0 spiro atoms. The number of nitrogens with zero attached hydrogens (tertiary/aromatic N) is 1. The maximum atomic E-state index is 14.8. The van der Waals surface area contributed by atoms with Crippen molar-refractivity contribution in [2.45, 2.75) is 101 Å². The lowest BCUT2D eigenvalue weighted by atomic mass is 9.63. The second kappa shape index (κ2) is 13.6. The molecule has 0 atom stereocenters. The van der Waals surface area contributed by atoms with Gasteiger partial charge in [-0.3, -0.25) is 0 Å². The summed E-state index contributed by atoms with van der Waals surface area (Å²) in [7, 11) is -7.26. The van der Waals surface area contributed by atoms with E-state index in [-0.39, 0.29) is 27.0 Å². The molecule has 0 aliphatic heterocycles. The van der Waals surface area contributed by atoms with Gasteiger partial charge in [-0.05, 0) is 81.7 Å². The van der Waals surface area contributed by atoms with Crippen molar-refractivity contribution in [3.8, 4) is 16.9 Å². The first-order valence-electron chi connectivity index (χ1n) is 17.0. The SMILES string of the molecule is CC(C)(C)c1ccc(N(c2cc(Cl)cc(OS(=O)(=O)C(F)(F)C(F)(F)C(F)(F)C(F)(F)F)c2)c2ccc3c(c2)C(C)(C)CCC3(C)C)c(-c2ccccc2)c1. The third kappa shape index (κ3) is 7.52. The van der Waals surface area contributed by atoms with E-state index in [1.165, 1.54) is 6.07 Å². The van der Waals surface area contributed by atoms with Crippen molar-refractivity contribution < 1.29 is 52.1 Å². The van der Waals surface area contributed by atoms with Gasteiger partial charge in [0.25, 0.3) is 0 Å². The van der Waals surface area contributed by atoms with Crippen LogP contribution in [0.25, 0.3) is 11.1 Å². The zero-order valence-corrected chi connectivity index (χ0v) is 32.4. The average molecular weight is 820 g/mol. The van der Waals surface area contributed by atoms with E-state index in [0.717, 1.165) is 41.2 Å². The van der Waals surface area contributed by atoms with Gasteiger partial charge in [0.05, 0.1) is 11.4 Å². The summed E-state index contributed by atoms with van der Waals surface area (Å²) < 4.78 is 153. The summed E-state index contributed by atoms with van der Waals surface area (Å²) in [6.45, 7) is 14.4. The van der Waals surface area contributed by atoms with Crippen LogP contribution in [0.3, 0.4) is 0 Å². The van der Waals surface area contributed by atoms with E-state index < -0.39 is 39.1 Å². The Morgan fingerprint density at radius 1 is 0.673 bits per heavy atom. The molecule has 0 bridgehead atoms. The largest absolute Gasteiger partial charge is 0.460 e. The molecule has 55 heavy (non-hydrogen) atoms. The zero-order chi connectivity index (χ0) is 41.4. The molecular formula is C40H39ClF9NO3S. The summed E-state index contributed by atoms with van der Waals surface area (Å²) in [5, 5.41) is -7.45. The Labute approximate surface area is 319 Å². The van der Waals surface area contributed by atoms with Crippen molar-refractivity contribution in [2.24, 2.45) is 0 Å². The predicted octanol–water partition coefficient (Wildman–Crippen LogP) is 13.3. The Morgan fingerprint density at radius 2 is 1.25 bits per heavy atom. The van der Waals surface area contributed by atoms with E-state index >= 15 is 0 Å². The molecular weight excluding hydrogens is 781 g/mol. The monoisotopic (exact) mass is 819 g/mol. The number of fused-ring (bicyclic) bond motifs is 1. The fraction of sp³-hybridized carbons (Fsp3) is 0.400. The minimum absolute atomic E-state index is 0.0538. The quantitative estimate of drug-likeness (QED) is 0.125. The van der Waals surface area contributed by atoms with Crippen molar-refractivity contribution in [3.05, 3.63) is 107 Å².